The van der Waals surface area contributed by atoms with Crippen LogP contribution in [0, 0.1) is 0 Å². The highest BCUT2D eigenvalue weighted by Crippen LogP contribution is 2.21. The van der Waals surface area contributed by atoms with Crippen LogP contribution < -0.4 is 14.3 Å². The zero-order valence-corrected chi connectivity index (χ0v) is 19.5. The highest BCUT2D eigenvalue weighted by atomic mass is 35.5. The van der Waals surface area contributed by atoms with E-state index in [9.17, 15) is 21.6 Å². The van der Waals surface area contributed by atoms with Crippen LogP contribution in [0.15, 0.2) is 77.7 Å². The molecule has 0 unspecified atom stereocenters. The fourth-order valence-electron chi connectivity index (χ4n) is 2.70. The largest absolute Gasteiger partial charge is 0.322 e. The Morgan fingerprint density at radius 1 is 0.875 bits per heavy atom. The fourth-order valence-corrected chi connectivity index (χ4v) is 4.45. The molecule has 0 bridgehead atoms. The third-order valence-corrected chi connectivity index (χ3v) is 7.33. The summed E-state index contributed by atoms with van der Waals surface area (Å²) in [6.45, 7) is 0. The van der Waals surface area contributed by atoms with Crippen molar-refractivity contribution in [3.05, 3.63) is 83.4 Å². The number of carbonyl (C=O) groups is 1. The van der Waals surface area contributed by atoms with E-state index in [2.05, 4.69) is 10.0 Å². The predicted molar refractivity (Wildman–Crippen MR) is 126 cm³/mol. The summed E-state index contributed by atoms with van der Waals surface area (Å²) in [5, 5.41) is 3.07. The van der Waals surface area contributed by atoms with E-state index in [1.165, 1.54) is 61.6 Å². The zero-order valence-electron chi connectivity index (χ0n) is 17.1. The van der Waals surface area contributed by atoms with Crippen molar-refractivity contribution in [2.24, 2.45) is 0 Å². The van der Waals surface area contributed by atoms with Crippen molar-refractivity contribution in [3.63, 3.8) is 0 Å². The predicted octanol–water partition coefficient (Wildman–Crippen LogP) is 3.79. The van der Waals surface area contributed by atoms with E-state index in [1.54, 1.807) is 18.2 Å². The molecule has 0 aliphatic rings. The van der Waals surface area contributed by atoms with Gasteiger partial charge >= 0.3 is 0 Å². The number of carbonyl (C=O) groups excluding carboxylic acids is 1. The number of nitrogens with one attached hydrogen (secondary N) is 2. The molecule has 8 nitrogen and oxygen atoms in total. The van der Waals surface area contributed by atoms with E-state index in [0.717, 1.165) is 10.6 Å². The first kappa shape index (κ1) is 23.6. The Morgan fingerprint density at radius 2 is 1.50 bits per heavy atom. The zero-order chi connectivity index (χ0) is 23.5. The maximum Gasteiger partial charge on any atom is 0.261 e. The number of anilines is 3. The molecule has 0 saturated carbocycles. The van der Waals surface area contributed by atoms with Gasteiger partial charge in [0.05, 0.1) is 22.5 Å². The molecule has 2 N–H and O–H groups in total. The molecule has 0 heterocycles. The van der Waals surface area contributed by atoms with Gasteiger partial charge in [0, 0.05) is 23.3 Å². The first-order valence-corrected chi connectivity index (χ1v) is 12.9. The molecule has 0 radical (unpaired) electrons. The lowest BCUT2D eigenvalue weighted by molar-refractivity contribution is 0.102. The lowest BCUT2D eigenvalue weighted by Crippen LogP contribution is -2.24. The molecule has 1 amide bonds. The summed E-state index contributed by atoms with van der Waals surface area (Å²) in [5.74, 6) is -0.425. The topological polar surface area (TPSA) is 113 Å². The van der Waals surface area contributed by atoms with Crippen molar-refractivity contribution in [3.8, 4) is 0 Å². The average Bonchev–Trinajstić information content (AvgIpc) is 2.73. The minimum Gasteiger partial charge on any atom is -0.322 e. The second-order valence-electron chi connectivity index (χ2n) is 6.87. The number of hydrogen-bond acceptors (Lipinski definition) is 5. The van der Waals surface area contributed by atoms with Crippen LogP contribution in [0.2, 0.25) is 5.02 Å². The van der Waals surface area contributed by atoms with Gasteiger partial charge in [-0.3, -0.25) is 13.8 Å². The minimum absolute atomic E-state index is 0.0173. The Morgan fingerprint density at radius 3 is 2.06 bits per heavy atom. The van der Waals surface area contributed by atoms with Gasteiger partial charge in [0.25, 0.3) is 15.9 Å². The highest BCUT2D eigenvalue weighted by molar-refractivity contribution is 7.92. The monoisotopic (exact) mass is 493 g/mol. The number of rotatable bonds is 7. The maximum absolute atomic E-state index is 12.5. The highest BCUT2D eigenvalue weighted by Gasteiger charge is 2.16. The molecule has 0 fully saturated rings. The number of amides is 1. The van der Waals surface area contributed by atoms with E-state index in [1.807, 2.05) is 0 Å². The molecule has 0 atom stereocenters. The molecule has 11 heteroatoms. The maximum atomic E-state index is 12.5. The van der Waals surface area contributed by atoms with E-state index in [-0.39, 0.29) is 4.90 Å². The Balaban J connectivity index is 1.69. The van der Waals surface area contributed by atoms with Crippen LogP contribution in [0.25, 0.3) is 0 Å². The number of nitrogens with zero attached hydrogens (tertiary/aromatic N) is 1. The van der Waals surface area contributed by atoms with Crippen molar-refractivity contribution in [2.45, 2.75) is 4.90 Å². The number of halogens is 1. The van der Waals surface area contributed by atoms with Crippen LogP contribution in [0.1, 0.15) is 10.4 Å². The fraction of sp³-hybridized carbons (Fsp3) is 0.0952. The lowest BCUT2D eigenvalue weighted by Gasteiger charge is -2.16. The first-order chi connectivity index (χ1) is 15.0. The standard InChI is InChI=1S/C21H20ClN3O5S2/c1-25(31(2,27)28)19-10-6-15(7-11-19)21(26)23-17-8-12-20(13-9-17)32(29,30)24-18-5-3-4-16(22)14-18/h3-14,24H,1-2H3,(H,23,26). The van der Waals surface area contributed by atoms with Gasteiger partial charge in [0.2, 0.25) is 10.0 Å². The molecule has 3 aromatic carbocycles. The lowest BCUT2D eigenvalue weighted by atomic mass is 10.2. The van der Waals surface area contributed by atoms with Crippen LogP contribution in [-0.2, 0) is 20.0 Å². The van der Waals surface area contributed by atoms with Crippen LogP contribution >= 0.6 is 11.6 Å². The smallest absolute Gasteiger partial charge is 0.261 e. The van der Waals surface area contributed by atoms with Gasteiger partial charge in [-0.1, -0.05) is 17.7 Å². The molecule has 0 saturated heterocycles. The summed E-state index contributed by atoms with van der Waals surface area (Å²) in [6, 6.07) is 18.1. The molecule has 0 aliphatic heterocycles. The molecular formula is C21H20ClN3O5S2. The average molecular weight is 494 g/mol. The summed E-state index contributed by atoms with van der Waals surface area (Å²) in [7, 11) is -5.81. The normalized spacial score (nSPS) is 11.6. The van der Waals surface area contributed by atoms with Crippen molar-refractivity contribution in [2.75, 3.05) is 27.6 Å². The third-order valence-electron chi connectivity index (χ3n) is 4.49. The molecule has 0 aromatic heterocycles. The van der Waals surface area contributed by atoms with Crippen molar-refractivity contribution in [1.29, 1.82) is 0 Å². The van der Waals surface area contributed by atoms with Crippen molar-refractivity contribution in [1.82, 2.24) is 0 Å². The SMILES string of the molecule is CN(c1ccc(C(=O)Nc2ccc(S(=O)(=O)Nc3cccc(Cl)c3)cc2)cc1)S(C)(=O)=O. The quantitative estimate of drug-likeness (QED) is 0.520. The van der Waals surface area contributed by atoms with Gasteiger partial charge in [-0.15, -0.1) is 0 Å². The van der Waals surface area contributed by atoms with Crippen LogP contribution in [-0.4, -0.2) is 36.0 Å². The number of hydrogen-bond donors (Lipinski definition) is 2. The second kappa shape index (κ2) is 9.19. The van der Waals surface area contributed by atoms with Gasteiger partial charge in [-0.2, -0.15) is 0 Å². The van der Waals surface area contributed by atoms with Gasteiger partial charge in [-0.25, -0.2) is 16.8 Å². The molecule has 3 rings (SSSR count). The molecule has 0 aliphatic carbocycles. The summed E-state index contributed by atoms with van der Waals surface area (Å²) in [5.41, 5.74) is 1.47. The Kier molecular flexibility index (Phi) is 6.77. The van der Waals surface area contributed by atoms with Crippen molar-refractivity contribution >= 4 is 54.6 Å². The van der Waals surface area contributed by atoms with Gasteiger partial charge in [0.15, 0.2) is 0 Å². The van der Waals surface area contributed by atoms with E-state index in [0.29, 0.717) is 27.6 Å². The summed E-state index contributed by atoms with van der Waals surface area (Å²) >= 11 is 5.88. The Bertz CT molecular complexity index is 1340. The van der Waals surface area contributed by atoms with E-state index < -0.39 is 26.0 Å². The molecule has 3 aromatic rings. The second-order valence-corrected chi connectivity index (χ2v) is 11.0. The molecular weight excluding hydrogens is 474 g/mol. The van der Waals surface area contributed by atoms with Crippen molar-refractivity contribution < 1.29 is 21.6 Å². The summed E-state index contributed by atoms with van der Waals surface area (Å²) < 4.78 is 51.8. The Hall–Kier alpha value is -3.08. The number of sulfonamides is 2. The van der Waals surface area contributed by atoms with Crippen LogP contribution in [0.5, 0.6) is 0 Å². The summed E-state index contributed by atoms with van der Waals surface area (Å²) in [6.07, 6.45) is 1.09. The van der Waals surface area contributed by atoms with E-state index >= 15 is 0 Å². The Labute approximate surface area is 191 Å². The van der Waals surface area contributed by atoms with E-state index in [4.69, 9.17) is 11.6 Å². The molecule has 168 valence electrons. The van der Waals surface area contributed by atoms with Gasteiger partial charge < -0.3 is 5.32 Å². The van der Waals surface area contributed by atoms with Crippen LogP contribution in [0.3, 0.4) is 0 Å². The molecule has 32 heavy (non-hydrogen) atoms. The molecule has 0 spiro atoms. The van der Waals surface area contributed by atoms with Crippen LogP contribution in [0.4, 0.5) is 17.1 Å². The third kappa shape index (κ3) is 5.78. The minimum atomic E-state index is -3.83. The number of benzene rings is 3. The van der Waals surface area contributed by atoms with Gasteiger partial charge in [-0.05, 0) is 66.7 Å². The summed E-state index contributed by atoms with van der Waals surface area (Å²) in [4.78, 5) is 12.5. The van der Waals surface area contributed by atoms with Gasteiger partial charge in [0.1, 0.15) is 0 Å². The first-order valence-electron chi connectivity index (χ1n) is 9.19.